The third-order valence-electron chi connectivity index (χ3n) is 4.55. The zero-order chi connectivity index (χ0) is 17.2. The molecular formula is C18H25N5O. The van der Waals surface area contributed by atoms with Gasteiger partial charge in [0.05, 0.1) is 11.9 Å². The molecule has 128 valence electrons. The van der Waals surface area contributed by atoms with E-state index in [9.17, 15) is 4.79 Å². The van der Waals surface area contributed by atoms with Crippen LogP contribution in [-0.4, -0.2) is 32.8 Å². The summed E-state index contributed by atoms with van der Waals surface area (Å²) in [6, 6.07) is 3.48. The van der Waals surface area contributed by atoms with E-state index >= 15 is 0 Å². The lowest BCUT2D eigenvalue weighted by molar-refractivity contribution is 0.329. The minimum absolute atomic E-state index is 0.0145. The molecule has 6 heteroatoms. The summed E-state index contributed by atoms with van der Waals surface area (Å²) in [7, 11) is 0. The first-order valence-electron chi connectivity index (χ1n) is 8.53. The molecule has 24 heavy (non-hydrogen) atoms. The zero-order valence-electron chi connectivity index (χ0n) is 14.6. The molecule has 6 nitrogen and oxygen atoms in total. The van der Waals surface area contributed by atoms with E-state index in [0.29, 0.717) is 12.5 Å². The Hall–Kier alpha value is -2.24. The zero-order valence-corrected chi connectivity index (χ0v) is 14.6. The number of piperidine rings is 1. The quantitative estimate of drug-likeness (QED) is 0.865. The molecule has 0 amide bonds. The van der Waals surface area contributed by atoms with Gasteiger partial charge in [0, 0.05) is 43.5 Å². The lowest BCUT2D eigenvalue weighted by Gasteiger charge is -2.32. The highest BCUT2D eigenvalue weighted by atomic mass is 16.1. The van der Waals surface area contributed by atoms with Crippen molar-refractivity contribution >= 4 is 5.82 Å². The fraction of sp³-hybridized carbons (Fsp3) is 0.556. The van der Waals surface area contributed by atoms with E-state index in [1.165, 1.54) is 0 Å². The highest BCUT2D eigenvalue weighted by molar-refractivity contribution is 5.35. The molecule has 0 saturated carbocycles. The van der Waals surface area contributed by atoms with Crippen molar-refractivity contribution in [2.75, 3.05) is 18.0 Å². The normalized spacial score (nSPS) is 16.4. The van der Waals surface area contributed by atoms with Gasteiger partial charge in [-0.1, -0.05) is 20.8 Å². The molecule has 2 aromatic heterocycles. The summed E-state index contributed by atoms with van der Waals surface area (Å²) in [4.78, 5) is 22.9. The van der Waals surface area contributed by atoms with Crippen molar-refractivity contribution in [1.29, 1.82) is 0 Å². The summed E-state index contributed by atoms with van der Waals surface area (Å²) in [5, 5.41) is 4.58. The van der Waals surface area contributed by atoms with Gasteiger partial charge >= 0.3 is 0 Å². The molecule has 2 aromatic rings. The van der Waals surface area contributed by atoms with Crippen LogP contribution in [0.4, 0.5) is 5.82 Å². The molecule has 0 aromatic carbocycles. The highest BCUT2D eigenvalue weighted by Gasteiger charge is 2.22. The number of hydrogen-bond acceptors (Lipinski definition) is 5. The minimum atomic E-state index is -0.0508. The number of aromatic nitrogens is 4. The van der Waals surface area contributed by atoms with Gasteiger partial charge in [-0.2, -0.15) is 5.10 Å². The van der Waals surface area contributed by atoms with E-state index in [4.69, 9.17) is 0 Å². The Labute approximate surface area is 142 Å². The summed E-state index contributed by atoms with van der Waals surface area (Å²) in [6.45, 7) is 8.92. The fourth-order valence-electron chi connectivity index (χ4n) is 3.02. The van der Waals surface area contributed by atoms with Crippen LogP contribution in [0.5, 0.6) is 0 Å². The van der Waals surface area contributed by atoms with E-state index in [1.54, 1.807) is 29.3 Å². The second-order valence-electron chi connectivity index (χ2n) is 7.48. The topological polar surface area (TPSA) is 63.9 Å². The highest BCUT2D eigenvalue weighted by Crippen LogP contribution is 2.22. The van der Waals surface area contributed by atoms with Gasteiger partial charge in [0.25, 0.3) is 5.56 Å². The molecule has 1 saturated heterocycles. The molecule has 1 aliphatic rings. The lowest BCUT2D eigenvalue weighted by atomic mass is 9.92. The Balaban J connectivity index is 1.65. The molecule has 1 aliphatic heterocycles. The smallest absolute Gasteiger partial charge is 0.266 e. The van der Waals surface area contributed by atoms with Gasteiger partial charge in [0.2, 0.25) is 0 Å². The SMILES string of the molecule is CC(C)(C)c1ccc(=O)n(CC2CCN(c3cnccn3)CC2)n1. The summed E-state index contributed by atoms with van der Waals surface area (Å²) in [5.74, 6) is 1.40. The lowest BCUT2D eigenvalue weighted by Crippen LogP contribution is -2.37. The first-order valence-corrected chi connectivity index (χ1v) is 8.53. The van der Waals surface area contributed by atoms with Crippen LogP contribution in [-0.2, 0) is 12.0 Å². The average Bonchev–Trinajstić information content (AvgIpc) is 2.57. The maximum absolute atomic E-state index is 12.1. The molecule has 3 rings (SSSR count). The maximum Gasteiger partial charge on any atom is 0.266 e. The van der Waals surface area contributed by atoms with Crippen molar-refractivity contribution in [2.45, 2.75) is 45.6 Å². The summed E-state index contributed by atoms with van der Waals surface area (Å²) < 4.78 is 1.64. The van der Waals surface area contributed by atoms with Gasteiger partial charge in [-0.15, -0.1) is 0 Å². The Bertz CT molecular complexity index is 727. The summed E-state index contributed by atoms with van der Waals surface area (Å²) in [5.41, 5.74) is 0.892. The number of anilines is 1. The van der Waals surface area contributed by atoms with Crippen molar-refractivity contribution in [3.63, 3.8) is 0 Å². The second-order valence-corrected chi connectivity index (χ2v) is 7.48. The van der Waals surface area contributed by atoms with Gasteiger partial charge in [-0.05, 0) is 24.8 Å². The van der Waals surface area contributed by atoms with Crippen LogP contribution >= 0.6 is 0 Å². The van der Waals surface area contributed by atoms with Gasteiger partial charge in [0.15, 0.2) is 0 Å². The molecule has 0 aliphatic carbocycles. The summed E-state index contributed by atoms with van der Waals surface area (Å²) in [6.07, 6.45) is 7.29. The standard InChI is InChI=1S/C18H25N5O/c1-18(2,3)15-4-5-17(24)23(21-15)13-14-6-10-22(11-7-14)16-12-19-8-9-20-16/h4-5,8-9,12,14H,6-7,10-11,13H2,1-3H3. The first kappa shape index (κ1) is 16.6. The summed E-state index contributed by atoms with van der Waals surface area (Å²) >= 11 is 0. The molecule has 0 atom stereocenters. The third kappa shape index (κ3) is 3.80. The van der Waals surface area contributed by atoms with Crippen LogP contribution < -0.4 is 10.5 Å². The van der Waals surface area contributed by atoms with Crippen molar-refractivity contribution in [3.05, 3.63) is 46.8 Å². The van der Waals surface area contributed by atoms with Gasteiger partial charge in [-0.25, -0.2) is 9.67 Å². The van der Waals surface area contributed by atoms with Crippen molar-refractivity contribution in [1.82, 2.24) is 19.7 Å². The van der Waals surface area contributed by atoms with Crippen LogP contribution in [0.2, 0.25) is 0 Å². The van der Waals surface area contributed by atoms with Gasteiger partial charge in [-0.3, -0.25) is 9.78 Å². The Morgan fingerprint density at radius 2 is 1.92 bits per heavy atom. The number of nitrogens with zero attached hydrogens (tertiary/aromatic N) is 5. The molecule has 0 radical (unpaired) electrons. The molecular weight excluding hydrogens is 302 g/mol. The van der Waals surface area contributed by atoms with E-state index in [0.717, 1.165) is 37.4 Å². The Kier molecular flexibility index (Phi) is 4.64. The van der Waals surface area contributed by atoms with E-state index in [2.05, 4.69) is 40.7 Å². The van der Waals surface area contributed by atoms with Crippen LogP contribution in [0, 0.1) is 5.92 Å². The Morgan fingerprint density at radius 3 is 2.54 bits per heavy atom. The average molecular weight is 327 g/mol. The minimum Gasteiger partial charge on any atom is -0.355 e. The fourth-order valence-corrected chi connectivity index (χ4v) is 3.02. The third-order valence-corrected chi connectivity index (χ3v) is 4.55. The number of rotatable bonds is 3. The maximum atomic E-state index is 12.1. The molecule has 0 N–H and O–H groups in total. The predicted octanol–water partition coefficient (Wildman–Crippen LogP) is 2.25. The molecule has 3 heterocycles. The molecule has 1 fully saturated rings. The predicted molar refractivity (Wildman–Crippen MR) is 94.2 cm³/mol. The molecule has 0 spiro atoms. The van der Waals surface area contributed by atoms with Crippen molar-refractivity contribution < 1.29 is 0 Å². The monoisotopic (exact) mass is 327 g/mol. The molecule has 0 unspecified atom stereocenters. The van der Waals surface area contributed by atoms with Crippen LogP contribution in [0.3, 0.4) is 0 Å². The van der Waals surface area contributed by atoms with E-state index in [1.807, 2.05) is 6.07 Å². The second kappa shape index (κ2) is 6.71. The van der Waals surface area contributed by atoms with E-state index in [-0.39, 0.29) is 11.0 Å². The van der Waals surface area contributed by atoms with Crippen LogP contribution in [0.15, 0.2) is 35.5 Å². The largest absolute Gasteiger partial charge is 0.355 e. The Morgan fingerprint density at radius 1 is 1.17 bits per heavy atom. The first-order chi connectivity index (χ1) is 11.4. The van der Waals surface area contributed by atoms with Crippen molar-refractivity contribution in [2.24, 2.45) is 5.92 Å². The van der Waals surface area contributed by atoms with Crippen molar-refractivity contribution in [3.8, 4) is 0 Å². The molecule has 0 bridgehead atoms. The van der Waals surface area contributed by atoms with Gasteiger partial charge < -0.3 is 4.90 Å². The van der Waals surface area contributed by atoms with Crippen LogP contribution in [0.1, 0.15) is 39.3 Å². The van der Waals surface area contributed by atoms with E-state index < -0.39 is 0 Å². The van der Waals surface area contributed by atoms with Crippen LogP contribution in [0.25, 0.3) is 0 Å². The van der Waals surface area contributed by atoms with Gasteiger partial charge in [0.1, 0.15) is 5.82 Å². The number of hydrogen-bond donors (Lipinski definition) is 0.